The molecule has 0 atom stereocenters. The van der Waals surface area contributed by atoms with Gasteiger partial charge in [0.25, 0.3) is 5.56 Å². The van der Waals surface area contributed by atoms with E-state index < -0.39 is 16.8 Å². The number of benzene rings is 2. The number of ether oxygens (including phenoxy) is 1. The van der Waals surface area contributed by atoms with Crippen LogP contribution in [0.3, 0.4) is 0 Å². The lowest BCUT2D eigenvalue weighted by atomic mass is 9.93. The first-order valence-corrected chi connectivity index (χ1v) is 11.6. The Morgan fingerprint density at radius 1 is 1.18 bits per heavy atom. The number of rotatable bonds is 3. The van der Waals surface area contributed by atoms with E-state index in [9.17, 15) is 9.59 Å². The fourth-order valence-electron chi connectivity index (χ4n) is 4.93. The predicted octanol–water partition coefficient (Wildman–Crippen LogP) is 4.46. The van der Waals surface area contributed by atoms with E-state index in [1.54, 1.807) is 0 Å². The van der Waals surface area contributed by atoms with E-state index in [1.165, 1.54) is 24.3 Å². The van der Waals surface area contributed by atoms with E-state index in [1.807, 2.05) is 16.7 Å². The number of hydrogen-bond donors (Lipinski definition) is 1. The molecular formula is C24H23ClFN3O3S. The number of likely N-dealkylation sites (N-methyl/N-ethyl adjacent to an activating group) is 1. The Bertz CT molecular complexity index is 1540. The third-order valence-corrected chi connectivity index (χ3v) is 7.52. The summed E-state index contributed by atoms with van der Waals surface area (Å²) in [6, 6.07) is 7.47. The van der Waals surface area contributed by atoms with Gasteiger partial charge in [0, 0.05) is 19.1 Å². The van der Waals surface area contributed by atoms with Crippen LogP contribution in [0.5, 0.6) is 5.75 Å². The molecule has 1 saturated carbocycles. The summed E-state index contributed by atoms with van der Waals surface area (Å²) in [6.45, 7) is 1.83. The smallest absolute Gasteiger partial charge is 0.271 e. The molecule has 33 heavy (non-hydrogen) atoms. The van der Waals surface area contributed by atoms with Crippen molar-refractivity contribution in [1.82, 2.24) is 13.8 Å². The number of nitrogens with one attached hydrogen (secondary N) is 1. The molecule has 3 heterocycles. The van der Waals surface area contributed by atoms with Crippen LogP contribution in [0.4, 0.5) is 4.39 Å². The highest BCUT2D eigenvalue weighted by Gasteiger charge is 2.32. The van der Waals surface area contributed by atoms with E-state index in [0.29, 0.717) is 21.7 Å². The standard InChI is InChI=1S/C24H22FN3O3S.ClH/c1-27-8-7-12-9-13(3-4-14(12)11-27)18-17(25)10-16-20(22(18)31-2)28(15-5-6-15)24-19(21(16)29)23(30)26-32-24;/h3-4,9-10,15H,5-8,11H2,1-2H3,(H,26,30);1H. The number of methoxy groups -OCH3 is 1. The van der Waals surface area contributed by atoms with Gasteiger partial charge in [-0.1, -0.05) is 18.2 Å². The Morgan fingerprint density at radius 2 is 1.97 bits per heavy atom. The molecule has 6 rings (SSSR count). The molecule has 2 aromatic carbocycles. The molecule has 0 spiro atoms. The van der Waals surface area contributed by atoms with Crippen molar-refractivity contribution in [2.75, 3.05) is 20.7 Å². The molecule has 9 heteroatoms. The lowest BCUT2D eigenvalue weighted by molar-refractivity contribution is 0.313. The van der Waals surface area contributed by atoms with Gasteiger partial charge in [0.15, 0.2) is 5.75 Å². The topological polar surface area (TPSA) is 67.3 Å². The van der Waals surface area contributed by atoms with Crippen LogP contribution >= 0.6 is 23.9 Å². The molecule has 0 saturated heterocycles. The van der Waals surface area contributed by atoms with Crippen molar-refractivity contribution in [3.05, 3.63) is 61.8 Å². The van der Waals surface area contributed by atoms with Crippen molar-refractivity contribution >= 4 is 45.1 Å². The van der Waals surface area contributed by atoms with Gasteiger partial charge >= 0.3 is 0 Å². The molecule has 0 radical (unpaired) electrons. The Labute approximate surface area is 199 Å². The van der Waals surface area contributed by atoms with Gasteiger partial charge in [-0.25, -0.2) is 4.39 Å². The number of H-pyrrole nitrogens is 1. The van der Waals surface area contributed by atoms with Crippen molar-refractivity contribution < 1.29 is 9.13 Å². The van der Waals surface area contributed by atoms with Gasteiger partial charge in [-0.3, -0.25) is 14.0 Å². The van der Waals surface area contributed by atoms with Crippen molar-refractivity contribution in [1.29, 1.82) is 0 Å². The summed E-state index contributed by atoms with van der Waals surface area (Å²) in [6.07, 6.45) is 2.80. The summed E-state index contributed by atoms with van der Waals surface area (Å²) in [7, 11) is 3.60. The normalized spacial score (nSPS) is 16.1. The van der Waals surface area contributed by atoms with E-state index in [-0.39, 0.29) is 29.2 Å². The zero-order valence-electron chi connectivity index (χ0n) is 18.2. The molecule has 1 N–H and O–H groups in total. The quantitative estimate of drug-likeness (QED) is 0.463. The molecule has 1 aliphatic carbocycles. The van der Waals surface area contributed by atoms with Crippen LogP contribution in [-0.4, -0.2) is 34.5 Å². The van der Waals surface area contributed by atoms with Crippen molar-refractivity contribution in [2.45, 2.75) is 31.8 Å². The minimum absolute atomic E-state index is 0. The van der Waals surface area contributed by atoms with Gasteiger partial charge in [0.2, 0.25) is 5.43 Å². The van der Waals surface area contributed by atoms with Gasteiger partial charge in [-0.05, 0) is 60.6 Å². The Hall–Kier alpha value is -2.68. The summed E-state index contributed by atoms with van der Waals surface area (Å²) >= 11 is 1.15. The third kappa shape index (κ3) is 3.31. The maximum absolute atomic E-state index is 15.6. The molecule has 2 aromatic heterocycles. The van der Waals surface area contributed by atoms with Crippen LogP contribution in [0.2, 0.25) is 0 Å². The Balaban J connectivity index is 0.00000228. The van der Waals surface area contributed by atoms with E-state index in [0.717, 1.165) is 49.4 Å². The van der Waals surface area contributed by atoms with Crippen LogP contribution in [0.25, 0.3) is 32.2 Å². The predicted molar refractivity (Wildman–Crippen MR) is 132 cm³/mol. The highest BCUT2D eigenvalue weighted by atomic mass is 35.5. The molecule has 0 unspecified atom stereocenters. The molecular weight excluding hydrogens is 465 g/mol. The summed E-state index contributed by atoms with van der Waals surface area (Å²) in [5, 5.41) is 0.285. The summed E-state index contributed by atoms with van der Waals surface area (Å²) in [5.41, 5.74) is 3.24. The second kappa shape index (κ2) is 7.97. The van der Waals surface area contributed by atoms with Gasteiger partial charge in [0.05, 0.1) is 23.6 Å². The molecule has 1 aliphatic heterocycles. The Kier molecular flexibility index (Phi) is 5.34. The molecule has 0 bridgehead atoms. The van der Waals surface area contributed by atoms with E-state index >= 15 is 4.39 Å². The zero-order valence-corrected chi connectivity index (χ0v) is 19.9. The van der Waals surface area contributed by atoms with Crippen molar-refractivity contribution in [2.24, 2.45) is 0 Å². The fraction of sp³-hybridized carbons (Fsp3) is 0.333. The van der Waals surface area contributed by atoms with Crippen molar-refractivity contribution in [3.63, 3.8) is 0 Å². The first kappa shape index (κ1) is 22.1. The van der Waals surface area contributed by atoms with Crippen LogP contribution in [0.15, 0.2) is 33.9 Å². The number of nitrogens with zero attached hydrogens (tertiary/aromatic N) is 2. The monoisotopic (exact) mass is 487 g/mol. The average molecular weight is 488 g/mol. The number of pyridine rings is 1. The zero-order chi connectivity index (χ0) is 22.1. The van der Waals surface area contributed by atoms with Gasteiger partial charge in [-0.2, -0.15) is 0 Å². The SMILES string of the molecule is COc1c(-c2ccc3c(c2)CCN(C)C3)c(F)cc2c(=O)c3c(=O)[nH]sc3n(C3CC3)c12.Cl. The van der Waals surface area contributed by atoms with Crippen LogP contribution < -0.4 is 15.7 Å². The maximum Gasteiger partial charge on any atom is 0.271 e. The minimum atomic E-state index is -0.521. The Morgan fingerprint density at radius 3 is 2.70 bits per heavy atom. The van der Waals surface area contributed by atoms with Crippen LogP contribution in [0, 0.1) is 5.82 Å². The average Bonchev–Trinajstić information content (AvgIpc) is 3.55. The van der Waals surface area contributed by atoms with Gasteiger partial charge in [0.1, 0.15) is 16.0 Å². The number of halogens is 2. The van der Waals surface area contributed by atoms with Crippen LogP contribution in [-0.2, 0) is 13.0 Å². The van der Waals surface area contributed by atoms with E-state index in [4.69, 9.17) is 4.74 Å². The maximum atomic E-state index is 15.6. The van der Waals surface area contributed by atoms with E-state index in [2.05, 4.69) is 22.4 Å². The molecule has 6 nitrogen and oxygen atoms in total. The fourth-order valence-corrected chi connectivity index (χ4v) is 5.84. The van der Waals surface area contributed by atoms with Gasteiger partial charge in [-0.15, -0.1) is 12.4 Å². The molecule has 2 aliphatic rings. The lowest BCUT2D eigenvalue weighted by Gasteiger charge is -2.25. The molecule has 1 fully saturated rings. The first-order valence-electron chi connectivity index (χ1n) is 10.7. The first-order chi connectivity index (χ1) is 15.5. The third-order valence-electron chi connectivity index (χ3n) is 6.63. The molecule has 4 aromatic rings. The highest BCUT2D eigenvalue weighted by Crippen LogP contribution is 2.45. The molecule has 0 amide bonds. The second-order valence-electron chi connectivity index (χ2n) is 8.78. The highest BCUT2D eigenvalue weighted by molar-refractivity contribution is 7.12. The minimum Gasteiger partial charge on any atom is -0.494 e. The largest absolute Gasteiger partial charge is 0.494 e. The molecule has 172 valence electrons. The van der Waals surface area contributed by atoms with Crippen molar-refractivity contribution in [3.8, 4) is 16.9 Å². The summed E-state index contributed by atoms with van der Waals surface area (Å²) < 4.78 is 26.1. The summed E-state index contributed by atoms with van der Waals surface area (Å²) in [5.74, 6) is -0.174. The lowest BCUT2D eigenvalue weighted by Crippen LogP contribution is -2.26. The number of aromatic nitrogens is 2. The van der Waals surface area contributed by atoms with Crippen LogP contribution in [0.1, 0.15) is 30.0 Å². The number of hydrogen-bond acceptors (Lipinski definition) is 5. The number of aromatic amines is 1. The number of fused-ring (bicyclic) bond motifs is 3. The second-order valence-corrected chi connectivity index (χ2v) is 9.57. The van der Waals surface area contributed by atoms with Gasteiger partial charge < -0.3 is 14.2 Å². The summed E-state index contributed by atoms with van der Waals surface area (Å²) in [4.78, 5) is 28.4.